The van der Waals surface area contributed by atoms with Crippen LogP contribution in [-0.2, 0) is 9.59 Å². The normalized spacial score (nSPS) is 22.6. The van der Waals surface area contributed by atoms with Crippen LogP contribution in [0.1, 0.15) is 6.42 Å². The van der Waals surface area contributed by atoms with Crippen molar-refractivity contribution in [3.63, 3.8) is 0 Å². The van der Waals surface area contributed by atoms with Crippen LogP contribution in [0.15, 0.2) is 30.5 Å². The number of halogens is 1. The van der Waals surface area contributed by atoms with E-state index in [-0.39, 0.29) is 0 Å². The van der Waals surface area contributed by atoms with Crippen LogP contribution in [-0.4, -0.2) is 52.8 Å². The molecule has 1 aromatic rings. The Hall–Kier alpha value is -2.12. The highest BCUT2D eigenvalue weighted by Crippen LogP contribution is 2.31. The minimum atomic E-state index is -1.26. The van der Waals surface area contributed by atoms with Gasteiger partial charge in [0.2, 0.25) is 0 Å². The van der Waals surface area contributed by atoms with Crippen LogP contribution in [0, 0.1) is 5.92 Å². The first-order valence-electron chi connectivity index (χ1n) is 7.20. The molecule has 2 saturated heterocycles. The van der Waals surface area contributed by atoms with Gasteiger partial charge in [-0.25, -0.2) is 14.6 Å². The zero-order chi connectivity index (χ0) is 16.8. The lowest BCUT2D eigenvalue weighted by atomic mass is 10.1. The standard InChI is InChI=1S/C11H14ClN3.C4H4O4/c12-11-2-1-9(6-14-11)15-4-3-8-5-13-7-10(8)15;5-3(6)1-2-4(7)8/h1-2,6,8,10,13H,3-5,7H2;1-2H,(H,5,6)(H,7,8)/t8-,10+;/m1./s1. The lowest BCUT2D eigenvalue weighted by Gasteiger charge is -2.25. The van der Waals surface area contributed by atoms with Crippen LogP contribution in [0.2, 0.25) is 5.15 Å². The molecule has 0 aliphatic carbocycles. The number of carboxylic acid groups (broad SMARTS) is 2. The molecule has 3 heterocycles. The Morgan fingerprint density at radius 1 is 1.26 bits per heavy atom. The van der Waals surface area contributed by atoms with E-state index in [0.717, 1.165) is 19.0 Å². The molecule has 0 radical (unpaired) electrons. The second-order valence-electron chi connectivity index (χ2n) is 5.32. The van der Waals surface area contributed by atoms with Gasteiger partial charge in [0.05, 0.1) is 11.9 Å². The summed E-state index contributed by atoms with van der Waals surface area (Å²) in [5.41, 5.74) is 1.20. The van der Waals surface area contributed by atoms with Crippen LogP contribution >= 0.6 is 11.6 Å². The number of carbonyl (C=O) groups is 2. The summed E-state index contributed by atoms with van der Waals surface area (Å²) in [6.07, 6.45) is 4.29. The van der Waals surface area contributed by atoms with Crippen molar-refractivity contribution in [3.05, 3.63) is 35.6 Å². The molecule has 0 saturated carbocycles. The molecular formula is C15H18ClN3O4. The van der Waals surface area contributed by atoms with Crippen LogP contribution in [0.3, 0.4) is 0 Å². The van der Waals surface area contributed by atoms with Gasteiger partial charge in [-0.3, -0.25) is 0 Å². The Bertz CT molecular complexity index is 575. The summed E-state index contributed by atoms with van der Waals surface area (Å²) in [5, 5.41) is 19.6. The number of hydrogen-bond acceptors (Lipinski definition) is 5. The summed E-state index contributed by atoms with van der Waals surface area (Å²) >= 11 is 5.79. The van der Waals surface area contributed by atoms with E-state index in [4.69, 9.17) is 21.8 Å². The Labute approximate surface area is 138 Å². The van der Waals surface area contributed by atoms with Crippen LogP contribution in [0.4, 0.5) is 5.69 Å². The van der Waals surface area contributed by atoms with Gasteiger partial charge in [0.1, 0.15) is 5.15 Å². The Kier molecular flexibility index (Phi) is 5.95. The van der Waals surface area contributed by atoms with Gasteiger partial charge in [0, 0.05) is 37.8 Å². The Morgan fingerprint density at radius 2 is 1.96 bits per heavy atom. The summed E-state index contributed by atoms with van der Waals surface area (Å²) in [4.78, 5) is 25.7. The van der Waals surface area contributed by atoms with E-state index in [2.05, 4.69) is 21.3 Å². The third kappa shape index (κ3) is 4.94. The van der Waals surface area contributed by atoms with E-state index in [1.54, 1.807) is 0 Å². The van der Waals surface area contributed by atoms with E-state index in [0.29, 0.717) is 23.3 Å². The maximum atomic E-state index is 9.55. The second kappa shape index (κ2) is 7.94. The highest BCUT2D eigenvalue weighted by molar-refractivity contribution is 6.29. The lowest BCUT2D eigenvalue weighted by molar-refractivity contribution is -0.134. The number of carboxylic acids is 2. The molecule has 2 atom stereocenters. The first-order valence-corrected chi connectivity index (χ1v) is 7.58. The first-order chi connectivity index (χ1) is 11.0. The van der Waals surface area contributed by atoms with E-state index in [1.165, 1.54) is 18.7 Å². The van der Waals surface area contributed by atoms with Crippen LogP contribution in [0.25, 0.3) is 0 Å². The molecule has 0 aromatic carbocycles. The zero-order valence-electron chi connectivity index (χ0n) is 12.4. The van der Waals surface area contributed by atoms with Gasteiger partial charge < -0.3 is 20.4 Å². The molecule has 23 heavy (non-hydrogen) atoms. The fraction of sp³-hybridized carbons (Fsp3) is 0.400. The summed E-state index contributed by atoms with van der Waals surface area (Å²) in [5.74, 6) is -1.69. The maximum Gasteiger partial charge on any atom is 0.328 e. The fourth-order valence-electron chi connectivity index (χ4n) is 2.85. The number of fused-ring (bicyclic) bond motifs is 1. The summed E-state index contributed by atoms with van der Waals surface area (Å²) in [6.45, 7) is 3.43. The average molecular weight is 340 g/mol. The Balaban J connectivity index is 0.000000207. The Morgan fingerprint density at radius 3 is 2.52 bits per heavy atom. The van der Waals surface area contributed by atoms with E-state index >= 15 is 0 Å². The van der Waals surface area contributed by atoms with E-state index in [9.17, 15) is 9.59 Å². The molecule has 8 heteroatoms. The number of hydrogen-bond donors (Lipinski definition) is 3. The topological polar surface area (TPSA) is 103 Å². The molecule has 0 unspecified atom stereocenters. The van der Waals surface area contributed by atoms with Crippen molar-refractivity contribution in [1.29, 1.82) is 0 Å². The third-order valence-electron chi connectivity index (χ3n) is 3.86. The molecule has 2 aliphatic heterocycles. The van der Waals surface area contributed by atoms with Crippen molar-refractivity contribution in [2.24, 2.45) is 5.92 Å². The monoisotopic (exact) mass is 339 g/mol. The van der Waals surface area contributed by atoms with Crippen molar-refractivity contribution in [1.82, 2.24) is 10.3 Å². The molecule has 0 spiro atoms. The molecule has 0 amide bonds. The van der Waals surface area contributed by atoms with Crippen molar-refractivity contribution in [2.75, 3.05) is 24.5 Å². The van der Waals surface area contributed by atoms with Gasteiger partial charge in [-0.2, -0.15) is 0 Å². The number of aromatic nitrogens is 1. The van der Waals surface area contributed by atoms with Gasteiger partial charge in [0.15, 0.2) is 0 Å². The highest BCUT2D eigenvalue weighted by atomic mass is 35.5. The SMILES string of the molecule is Clc1ccc(N2CC[C@@H]3CNC[C@@H]32)cn1.O=C(O)C=CC(=O)O. The molecule has 2 aliphatic rings. The number of nitrogens with zero attached hydrogens (tertiary/aromatic N) is 2. The van der Waals surface area contributed by atoms with E-state index < -0.39 is 11.9 Å². The van der Waals surface area contributed by atoms with Gasteiger partial charge in [-0.15, -0.1) is 0 Å². The fourth-order valence-corrected chi connectivity index (χ4v) is 2.96. The highest BCUT2D eigenvalue weighted by Gasteiger charge is 2.37. The quantitative estimate of drug-likeness (QED) is 0.562. The second-order valence-corrected chi connectivity index (χ2v) is 5.70. The molecular weight excluding hydrogens is 322 g/mol. The minimum Gasteiger partial charge on any atom is -0.478 e. The summed E-state index contributed by atoms with van der Waals surface area (Å²) < 4.78 is 0. The minimum absolute atomic E-state index is 0.558. The van der Waals surface area contributed by atoms with Crippen molar-refractivity contribution >= 4 is 29.2 Å². The van der Waals surface area contributed by atoms with Crippen molar-refractivity contribution in [2.45, 2.75) is 12.5 Å². The van der Waals surface area contributed by atoms with Gasteiger partial charge >= 0.3 is 11.9 Å². The largest absolute Gasteiger partial charge is 0.478 e. The predicted molar refractivity (Wildman–Crippen MR) is 85.8 cm³/mol. The molecule has 3 N–H and O–H groups in total. The maximum absolute atomic E-state index is 9.55. The summed E-state index contributed by atoms with van der Waals surface area (Å²) in [7, 11) is 0. The van der Waals surface area contributed by atoms with Crippen LogP contribution < -0.4 is 10.2 Å². The number of pyridine rings is 1. The number of anilines is 1. The third-order valence-corrected chi connectivity index (χ3v) is 4.08. The predicted octanol–water partition coefficient (Wildman–Crippen LogP) is 1.24. The summed E-state index contributed by atoms with van der Waals surface area (Å²) in [6, 6.07) is 4.59. The average Bonchev–Trinajstić information content (AvgIpc) is 3.10. The van der Waals surface area contributed by atoms with Gasteiger partial charge in [0.25, 0.3) is 0 Å². The lowest BCUT2D eigenvalue weighted by Crippen LogP contribution is -2.34. The number of nitrogens with one attached hydrogen (secondary N) is 1. The smallest absolute Gasteiger partial charge is 0.328 e. The molecule has 124 valence electrons. The zero-order valence-corrected chi connectivity index (χ0v) is 13.1. The molecule has 1 aromatic heterocycles. The molecule has 3 rings (SSSR count). The molecule has 7 nitrogen and oxygen atoms in total. The molecule has 2 fully saturated rings. The number of rotatable bonds is 3. The first kappa shape index (κ1) is 17.2. The molecule has 0 bridgehead atoms. The van der Waals surface area contributed by atoms with E-state index in [1.807, 2.05) is 12.3 Å². The van der Waals surface area contributed by atoms with Crippen LogP contribution in [0.5, 0.6) is 0 Å². The van der Waals surface area contributed by atoms with Gasteiger partial charge in [-0.05, 0) is 24.5 Å². The van der Waals surface area contributed by atoms with Gasteiger partial charge in [-0.1, -0.05) is 11.6 Å². The van der Waals surface area contributed by atoms with Crippen molar-refractivity contribution in [3.8, 4) is 0 Å². The number of aliphatic carboxylic acids is 2. The van der Waals surface area contributed by atoms with Crippen molar-refractivity contribution < 1.29 is 19.8 Å².